The molecule has 0 saturated carbocycles. The first kappa shape index (κ1) is 22.7. The van der Waals surface area contributed by atoms with Crippen LogP contribution < -0.4 is 0 Å². The van der Waals surface area contributed by atoms with Gasteiger partial charge in [-0.15, -0.1) is 0 Å². The fourth-order valence-corrected chi connectivity index (χ4v) is 3.17. The summed E-state index contributed by atoms with van der Waals surface area (Å²) >= 11 is 0. The van der Waals surface area contributed by atoms with Crippen LogP contribution in [0.15, 0.2) is 82.5 Å². The molecule has 1 aliphatic carbocycles. The molecule has 1 rings (SSSR count). The zero-order chi connectivity index (χ0) is 20.4. The highest BCUT2D eigenvalue weighted by atomic mass is 16.4. The summed E-state index contributed by atoms with van der Waals surface area (Å²) in [6.07, 6.45) is 21.6. The zero-order valence-corrected chi connectivity index (χ0v) is 17.7. The van der Waals surface area contributed by atoms with Crippen LogP contribution in [0.4, 0.5) is 0 Å². The van der Waals surface area contributed by atoms with Gasteiger partial charge in [0, 0.05) is 5.57 Å². The molecule has 0 aromatic heterocycles. The molecule has 0 fully saturated rings. The van der Waals surface area contributed by atoms with Gasteiger partial charge in [-0.05, 0) is 57.9 Å². The number of hydrogen-bond acceptors (Lipinski definition) is 1. The number of aliphatic carboxylic acids is 1. The molecule has 0 bridgehead atoms. The van der Waals surface area contributed by atoms with E-state index in [2.05, 4.69) is 45.9 Å². The normalized spacial score (nSPS) is 19.7. The predicted octanol–water partition coefficient (Wildman–Crippen LogP) is 7.11. The number of carboxylic acids is 1. The van der Waals surface area contributed by atoms with E-state index in [0.717, 1.165) is 5.57 Å². The van der Waals surface area contributed by atoms with Gasteiger partial charge in [-0.2, -0.15) is 0 Å². The topological polar surface area (TPSA) is 37.3 Å². The van der Waals surface area contributed by atoms with Gasteiger partial charge in [0.2, 0.25) is 0 Å². The quantitative estimate of drug-likeness (QED) is 0.385. The minimum atomic E-state index is -0.892. The number of hydrogen-bond donors (Lipinski definition) is 1. The molecule has 0 radical (unpaired) electrons. The first-order valence-corrected chi connectivity index (χ1v) is 9.62. The average Bonchev–Trinajstić information content (AvgIpc) is 2.57. The molecule has 0 aliphatic heterocycles. The molecule has 0 atom stereocenters. The van der Waals surface area contributed by atoms with Gasteiger partial charge in [0.1, 0.15) is 0 Å². The van der Waals surface area contributed by atoms with Crippen LogP contribution in [-0.4, -0.2) is 11.1 Å². The lowest BCUT2D eigenvalue weighted by atomic mass is 9.72. The Bertz CT molecular complexity index is 747. The Morgan fingerprint density at radius 3 is 2.19 bits per heavy atom. The van der Waals surface area contributed by atoms with Crippen LogP contribution in [0, 0.1) is 5.41 Å². The Morgan fingerprint density at radius 1 is 0.963 bits per heavy atom. The molecule has 0 saturated heterocycles. The average molecular weight is 367 g/mol. The smallest absolute Gasteiger partial charge is 0.331 e. The summed E-state index contributed by atoms with van der Waals surface area (Å²) in [6, 6.07) is 0. The highest BCUT2D eigenvalue weighted by Gasteiger charge is 2.26. The third-order valence-electron chi connectivity index (χ3n) is 4.93. The zero-order valence-electron chi connectivity index (χ0n) is 17.7. The maximum atomic E-state index is 10.7. The number of allylic oxidation sites excluding steroid dienone is 13. The second-order valence-corrected chi connectivity index (χ2v) is 7.98. The highest BCUT2D eigenvalue weighted by molar-refractivity contribution is 5.86. The second kappa shape index (κ2) is 10.7. The van der Waals surface area contributed by atoms with Gasteiger partial charge in [-0.25, -0.2) is 4.79 Å². The molecule has 0 heterocycles. The molecule has 2 nitrogen and oxygen atoms in total. The molecule has 1 N–H and O–H groups in total. The standard InChI is InChI=1S/C25H34O2/c1-19(11-7-8-14-22(4)24(26)27)12-9-13-20(2)16-17-23-21(3)15-10-18-25(23,5)6/h7-9,11-14,16-17H,10,15,18H2,1-6H3,(H,26,27)/b8-7+,12-9+,17-16+,19-11+,20-13+,22-14+. The van der Waals surface area contributed by atoms with Crippen molar-refractivity contribution in [2.75, 3.05) is 0 Å². The third kappa shape index (κ3) is 8.25. The van der Waals surface area contributed by atoms with Crippen molar-refractivity contribution in [3.8, 4) is 0 Å². The second-order valence-electron chi connectivity index (χ2n) is 7.98. The molecule has 146 valence electrons. The lowest BCUT2D eigenvalue weighted by molar-refractivity contribution is -0.132. The molecule has 27 heavy (non-hydrogen) atoms. The van der Waals surface area contributed by atoms with Crippen molar-refractivity contribution in [3.63, 3.8) is 0 Å². The third-order valence-corrected chi connectivity index (χ3v) is 4.93. The maximum absolute atomic E-state index is 10.7. The van der Waals surface area contributed by atoms with Crippen molar-refractivity contribution in [2.24, 2.45) is 5.41 Å². The fraction of sp³-hybridized carbons (Fsp3) is 0.400. The van der Waals surface area contributed by atoms with E-state index in [1.165, 1.54) is 36.0 Å². The van der Waals surface area contributed by atoms with E-state index >= 15 is 0 Å². The van der Waals surface area contributed by atoms with E-state index in [4.69, 9.17) is 5.11 Å². The number of carbonyl (C=O) groups is 1. The molecule has 0 aromatic carbocycles. The van der Waals surface area contributed by atoms with Crippen molar-refractivity contribution in [1.82, 2.24) is 0 Å². The van der Waals surface area contributed by atoms with E-state index in [1.54, 1.807) is 19.1 Å². The van der Waals surface area contributed by atoms with Crippen molar-refractivity contribution >= 4 is 5.97 Å². The number of carboxylic acid groups (broad SMARTS) is 1. The van der Waals surface area contributed by atoms with Crippen molar-refractivity contribution < 1.29 is 9.90 Å². The molecule has 0 unspecified atom stereocenters. The first-order valence-electron chi connectivity index (χ1n) is 9.62. The lowest BCUT2D eigenvalue weighted by Gasteiger charge is -2.32. The summed E-state index contributed by atoms with van der Waals surface area (Å²) < 4.78 is 0. The molecular weight excluding hydrogens is 332 g/mol. The van der Waals surface area contributed by atoms with Crippen LogP contribution in [0.1, 0.15) is 60.8 Å². The van der Waals surface area contributed by atoms with Crippen LogP contribution in [0.2, 0.25) is 0 Å². The molecule has 2 heteroatoms. The van der Waals surface area contributed by atoms with Gasteiger partial charge in [-0.3, -0.25) is 0 Å². The predicted molar refractivity (Wildman–Crippen MR) is 117 cm³/mol. The van der Waals surface area contributed by atoms with Crippen LogP contribution in [0.3, 0.4) is 0 Å². The van der Waals surface area contributed by atoms with Crippen LogP contribution >= 0.6 is 0 Å². The minimum absolute atomic E-state index is 0.272. The SMILES string of the molecule is CC1=C(/C=C/C(C)=C/C=C/C(C)=C/C=C/C=C(\C)C(=O)O)C(C)(C)CCC1. The Hall–Kier alpha value is -2.35. The Labute approximate surface area is 165 Å². The van der Waals surface area contributed by atoms with E-state index in [9.17, 15) is 4.79 Å². The lowest BCUT2D eigenvalue weighted by Crippen LogP contribution is -2.19. The summed E-state index contributed by atoms with van der Waals surface area (Å²) in [7, 11) is 0. The summed E-state index contributed by atoms with van der Waals surface area (Å²) in [4.78, 5) is 10.7. The highest BCUT2D eigenvalue weighted by Crippen LogP contribution is 2.40. The van der Waals surface area contributed by atoms with Gasteiger partial charge in [-0.1, -0.05) is 85.3 Å². The summed E-state index contributed by atoms with van der Waals surface area (Å²) in [5.41, 5.74) is 5.92. The summed E-state index contributed by atoms with van der Waals surface area (Å²) in [5.74, 6) is -0.892. The van der Waals surface area contributed by atoms with Crippen LogP contribution in [0.5, 0.6) is 0 Å². The van der Waals surface area contributed by atoms with Crippen molar-refractivity contribution in [3.05, 3.63) is 82.5 Å². The van der Waals surface area contributed by atoms with Gasteiger partial charge in [0.05, 0.1) is 0 Å². The Balaban J connectivity index is 2.70. The molecule has 0 aromatic rings. The molecule has 0 amide bonds. The summed E-state index contributed by atoms with van der Waals surface area (Å²) in [6.45, 7) is 12.6. The molecule has 1 aliphatic rings. The maximum Gasteiger partial charge on any atom is 0.331 e. The van der Waals surface area contributed by atoms with E-state index in [-0.39, 0.29) is 5.41 Å². The Morgan fingerprint density at radius 2 is 1.56 bits per heavy atom. The Kier molecular flexibility index (Phi) is 9.00. The minimum Gasteiger partial charge on any atom is -0.478 e. The monoisotopic (exact) mass is 366 g/mol. The van der Waals surface area contributed by atoms with Crippen LogP contribution in [-0.2, 0) is 4.79 Å². The van der Waals surface area contributed by atoms with Crippen molar-refractivity contribution in [2.45, 2.75) is 60.8 Å². The fourth-order valence-electron chi connectivity index (χ4n) is 3.17. The molecule has 0 spiro atoms. The van der Waals surface area contributed by atoms with Crippen LogP contribution in [0.25, 0.3) is 0 Å². The van der Waals surface area contributed by atoms with Crippen molar-refractivity contribution in [1.29, 1.82) is 0 Å². The number of rotatable bonds is 7. The van der Waals surface area contributed by atoms with E-state index in [0.29, 0.717) is 5.57 Å². The van der Waals surface area contributed by atoms with Gasteiger partial charge >= 0.3 is 5.97 Å². The molecular formula is C25H34O2. The first-order chi connectivity index (χ1) is 12.6. The largest absolute Gasteiger partial charge is 0.478 e. The van der Waals surface area contributed by atoms with Gasteiger partial charge in [0.25, 0.3) is 0 Å². The summed E-state index contributed by atoms with van der Waals surface area (Å²) in [5, 5.41) is 8.79. The van der Waals surface area contributed by atoms with E-state index in [1.807, 2.05) is 31.2 Å². The van der Waals surface area contributed by atoms with E-state index < -0.39 is 5.97 Å². The van der Waals surface area contributed by atoms with Gasteiger partial charge < -0.3 is 5.11 Å². The van der Waals surface area contributed by atoms with Gasteiger partial charge in [0.15, 0.2) is 0 Å².